The van der Waals surface area contributed by atoms with Gasteiger partial charge in [-0.1, -0.05) is 26.3 Å². The Balaban J connectivity index is 4.08. The van der Waals surface area contributed by atoms with E-state index in [1.807, 2.05) is 6.08 Å². The lowest BCUT2D eigenvalue weighted by Gasteiger charge is -2.34. The highest BCUT2D eigenvalue weighted by atomic mass is 15.2. The molecule has 0 saturated heterocycles. The molecule has 2 atom stereocenters. The predicted molar refractivity (Wildman–Crippen MR) is 73.9 cm³/mol. The Bertz CT molecular complexity index is 168. The molecule has 0 aliphatic carbocycles. The molecule has 1 N–H and O–H groups in total. The van der Waals surface area contributed by atoms with Gasteiger partial charge in [0.15, 0.2) is 0 Å². The summed E-state index contributed by atoms with van der Waals surface area (Å²) in [5.41, 5.74) is 0. The molecule has 0 saturated carbocycles. The lowest BCUT2D eigenvalue weighted by Crippen LogP contribution is -2.45. The predicted octanol–water partition coefficient (Wildman–Crippen LogP) is 3.05. The van der Waals surface area contributed by atoms with Crippen LogP contribution in [0.4, 0.5) is 0 Å². The highest BCUT2D eigenvalue weighted by Crippen LogP contribution is 2.10. The summed E-state index contributed by atoms with van der Waals surface area (Å²) in [6.07, 6.45) is 5.73. The van der Waals surface area contributed by atoms with Gasteiger partial charge < -0.3 is 5.32 Å². The quantitative estimate of drug-likeness (QED) is 0.455. The van der Waals surface area contributed by atoms with E-state index in [2.05, 4.69) is 44.5 Å². The van der Waals surface area contributed by atoms with Gasteiger partial charge in [-0.05, 0) is 33.2 Å². The van der Waals surface area contributed by atoms with Crippen LogP contribution in [0.25, 0.3) is 0 Å². The molecule has 0 aromatic heterocycles. The zero-order valence-corrected chi connectivity index (χ0v) is 11.6. The fourth-order valence-electron chi connectivity index (χ4n) is 1.96. The number of hydrogen-bond acceptors (Lipinski definition) is 2. The number of rotatable bonds is 10. The summed E-state index contributed by atoms with van der Waals surface area (Å²) in [5.74, 6) is 0. The molecule has 2 unspecified atom stereocenters. The summed E-state index contributed by atoms with van der Waals surface area (Å²) in [7, 11) is 0. The molecule has 0 bridgehead atoms. The third kappa shape index (κ3) is 6.29. The third-order valence-corrected chi connectivity index (χ3v) is 3.22. The molecular weight excluding hydrogens is 196 g/mol. The van der Waals surface area contributed by atoms with E-state index in [1.165, 1.54) is 25.8 Å². The molecular formula is C14H30N2. The summed E-state index contributed by atoms with van der Waals surface area (Å²) in [6, 6.07) is 1.30. The molecule has 0 aromatic rings. The van der Waals surface area contributed by atoms with E-state index < -0.39 is 0 Å². The maximum Gasteiger partial charge on any atom is 0.0195 e. The van der Waals surface area contributed by atoms with E-state index >= 15 is 0 Å². The second-order valence-electron chi connectivity index (χ2n) is 4.64. The van der Waals surface area contributed by atoms with Gasteiger partial charge in [0, 0.05) is 25.2 Å². The van der Waals surface area contributed by atoms with Crippen molar-refractivity contribution in [1.29, 1.82) is 0 Å². The first kappa shape index (κ1) is 15.7. The van der Waals surface area contributed by atoms with Crippen LogP contribution in [0.15, 0.2) is 12.7 Å². The minimum Gasteiger partial charge on any atom is -0.312 e. The second kappa shape index (κ2) is 9.86. The molecule has 16 heavy (non-hydrogen) atoms. The van der Waals surface area contributed by atoms with E-state index in [0.717, 1.165) is 13.1 Å². The third-order valence-electron chi connectivity index (χ3n) is 3.22. The Kier molecular flexibility index (Phi) is 9.65. The Morgan fingerprint density at radius 1 is 1.25 bits per heavy atom. The smallest absolute Gasteiger partial charge is 0.0195 e. The lowest BCUT2D eigenvalue weighted by molar-refractivity contribution is 0.145. The molecule has 2 nitrogen and oxygen atoms in total. The first-order valence-electron chi connectivity index (χ1n) is 6.74. The van der Waals surface area contributed by atoms with Crippen LogP contribution in [0.1, 0.15) is 47.0 Å². The van der Waals surface area contributed by atoms with Gasteiger partial charge >= 0.3 is 0 Å². The Labute approximate surface area is 102 Å². The van der Waals surface area contributed by atoms with Gasteiger partial charge in [0.1, 0.15) is 0 Å². The van der Waals surface area contributed by atoms with Crippen molar-refractivity contribution in [3.05, 3.63) is 12.7 Å². The van der Waals surface area contributed by atoms with Gasteiger partial charge in [-0.25, -0.2) is 0 Å². The maximum absolute atomic E-state index is 3.73. The van der Waals surface area contributed by atoms with Gasteiger partial charge in [-0.3, -0.25) is 4.90 Å². The molecule has 0 fully saturated rings. The van der Waals surface area contributed by atoms with Crippen LogP contribution in [0, 0.1) is 0 Å². The highest BCUT2D eigenvalue weighted by Gasteiger charge is 2.17. The van der Waals surface area contributed by atoms with E-state index in [1.54, 1.807) is 0 Å². The molecule has 0 rings (SSSR count). The van der Waals surface area contributed by atoms with Crippen LogP contribution < -0.4 is 5.32 Å². The van der Waals surface area contributed by atoms with Crippen molar-refractivity contribution >= 4 is 0 Å². The summed E-state index contributed by atoms with van der Waals surface area (Å²) >= 11 is 0. The zero-order valence-electron chi connectivity index (χ0n) is 11.6. The van der Waals surface area contributed by atoms with Crippen LogP contribution in [-0.2, 0) is 0 Å². The summed E-state index contributed by atoms with van der Waals surface area (Å²) in [4.78, 5) is 2.62. The minimum atomic E-state index is 0.612. The maximum atomic E-state index is 3.73. The fourth-order valence-corrected chi connectivity index (χ4v) is 1.96. The summed E-state index contributed by atoms with van der Waals surface area (Å²) in [6.45, 7) is 16.1. The highest BCUT2D eigenvalue weighted by molar-refractivity contribution is 4.77. The van der Waals surface area contributed by atoms with Gasteiger partial charge in [0.25, 0.3) is 0 Å². The number of unbranched alkanes of at least 4 members (excludes halogenated alkanes) is 1. The van der Waals surface area contributed by atoms with Crippen LogP contribution in [0.2, 0.25) is 0 Å². The van der Waals surface area contributed by atoms with Crippen molar-refractivity contribution in [3.63, 3.8) is 0 Å². The number of nitrogens with zero attached hydrogens (tertiary/aromatic N) is 1. The molecule has 0 aliphatic heterocycles. The van der Waals surface area contributed by atoms with Crippen LogP contribution >= 0.6 is 0 Å². The van der Waals surface area contributed by atoms with E-state index in [0.29, 0.717) is 12.1 Å². The minimum absolute atomic E-state index is 0.612. The van der Waals surface area contributed by atoms with E-state index in [4.69, 9.17) is 0 Å². The first-order valence-corrected chi connectivity index (χ1v) is 6.74. The molecule has 96 valence electrons. The van der Waals surface area contributed by atoms with Crippen molar-refractivity contribution < 1.29 is 0 Å². The molecule has 0 aromatic carbocycles. The SMILES string of the molecule is C=CCNCC(C)N(CCCC)C(C)CC. The van der Waals surface area contributed by atoms with Crippen molar-refractivity contribution in [3.8, 4) is 0 Å². The monoisotopic (exact) mass is 226 g/mol. The summed E-state index contributed by atoms with van der Waals surface area (Å²) in [5, 5.41) is 3.41. The average molecular weight is 226 g/mol. The largest absolute Gasteiger partial charge is 0.312 e. The summed E-state index contributed by atoms with van der Waals surface area (Å²) < 4.78 is 0. The molecule has 0 heterocycles. The Morgan fingerprint density at radius 2 is 1.94 bits per heavy atom. The molecule has 0 aliphatic rings. The van der Waals surface area contributed by atoms with Crippen LogP contribution in [-0.4, -0.2) is 36.6 Å². The zero-order chi connectivity index (χ0) is 12.4. The molecule has 0 radical (unpaired) electrons. The van der Waals surface area contributed by atoms with E-state index in [9.17, 15) is 0 Å². The first-order chi connectivity index (χ1) is 7.67. The normalized spacial score (nSPS) is 15.1. The van der Waals surface area contributed by atoms with E-state index in [-0.39, 0.29) is 0 Å². The topological polar surface area (TPSA) is 15.3 Å². The Morgan fingerprint density at radius 3 is 2.44 bits per heavy atom. The lowest BCUT2D eigenvalue weighted by atomic mass is 10.1. The van der Waals surface area contributed by atoms with Crippen LogP contribution in [0.3, 0.4) is 0 Å². The van der Waals surface area contributed by atoms with Crippen molar-refractivity contribution in [1.82, 2.24) is 10.2 Å². The van der Waals surface area contributed by atoms with Crippen LogP contribution in [0.5, 0.6) is 0 Å². The van der Waals surface area contributed by atoms with Gasteiger partial charge in [-0.2, -0.15) is 0 Å². The van der Waals surface area contributed by atoms with Gasteiger partial charge in [-0.15, -0.1) is 6.58 Å². The van der Waals surface area contributed by atoms with Crippen molar-refractivity contribution in [2.24, 2.45) is 0 Å². The standard InChI is InChI=1S/C14H30N2/c1-6-9-11-16(13(4)8-3)14(5)12-15-10-7-2/h7,13-15H,2,6,8-12H2,1,3-5H3. The van der Waals surface area contributed by atoms with Crippen molar-refractivity contribution in [2.45, 2.75) is 59.0 Å². The van der Waals surface area contributed by atoms with Gasteiger partial charge in [0.05, 0.1) is 0 Å². The van der Waals surface area contributed by atoms with Gasteiger partial charge in [0.2, 0.25) is 0 Å². The second-order valence-corrected chi connectivity index (χ2v) is 4.64. The Hall–Kier alpha value is -0.340. The average Bonchev–Trinajstić information content (AvgIpc) is 2.29. The molecule has 0 spiro atoms. The molecule has 2 heteroatoms. The number of hydrogen-bond donors (Lipinski definition) is 1. The fraction of sp³-hybridized carbons (Fsp3) is 0.857. The molecule has 0 amide bonds. The number of nitrogens with one attached hydrogen (secondary N) is 1. The van der Waals surface area contributed by atoms with Crippen molar-refractivity contribution in [2.75, 3.05) is 19.6 Å².